The number of rotatable bonds is 2. The Balaban J connectivity index is 1.99. The number of carbonyl (C=O) groups is 1. The van der Waals surface area contributed by atoms with E-state index in [9.17, 15) is 4.79 Å². The van der Waals surface area contributed by atoms with Crippen molar-refractivity contribution in [2.24, 2.45) is 0 Å². The van der Waals surface area contributed by atoms with Crippen LogP contribution in [0, 0.1) is 6.92 Å². The summed E-state index contributed by atoms with van der Waals surface area (Å²) in [5.41, 5.74) is 3.57. The summed E-state index contributed by atoms with van der Waals surface area (Å²) in [5, 5.41) is 1.58. The van der Waals surface area contributed by atoms with E-state index in [0.29, 0.717) is 24.5 Å². The monoisotopic (exact) mass is 404 g/mol. The van der Waals surface area contributed by atoms with Crippen molar-refractivity contribution >= 4 is 28.6 Å². The Kier molecular flexibility index (Phi) is 5.76. The van der Waals surface area contributed by atoms with Crippen molar-refractivity contribution in [2.45, 2.75) is 66.1 Å². The van der Waals surface area contributed by atoms with Crippen LogP contribution in [0.5, 0.6) is 5.75 Å². The number of hydrogen-bond donors (Lipinski definition) is 0. The van der Waals surface area contributed by atoms with Gasteiger partial charge in [0, 0.05) is 30.6 Å². The fourth-order valence-electron chi connectivity index (χ4n) is 3.59. The van der Waals surface area contributed by atoms with Crippen LogP contribution in [0.25, 0.3) is 10.9 Å². The number of aryl methyl sites for hydroxylation is 1. The van der Waals surface area contributed by atoms with Gasteiger partial charge in [-0.3, -0.25) is 4.98 Å². The molecule has 2 heterocycles. The van der Waals surface area contributed by atoms with Gasteiger partial charge in [0.1, 0.15) is 11.4 Å². The highest BCUT2D eigenvalue weighted by Gasteiger charge is 2.26. The van der Waals surface area contributed by atoms with Crippen molar-refractivity contribution in [1.82, 2.24) is 9.88 Å². The topological polar surface area (TPSA) is 51.7 Å². The molecule has 152 valence electrons. The molecule has 0 N–H and O–H groups in total. The Morgan fingerprint density at radius 1 is 1.21 bits per heavy atom. The molecule has 0 atom stereocenters. The zero-order chi connectivity index (χ0) is 20.6. The minimum absolute atomic E-state index is 0.0604. The summed E-state index contributed by atoms with van der Waals surface area (Å²) >= 11 is 6.47. The van der Waals surface area contributed by atoms with Gasteiger partial charge in [-0.1, -0.05) is 11.6 Å². The molecule has 6 heteroatoms. The molecule has 1 aliphatic rings. The van der Waals surface area contributed by atoms with E-state index in [1.807, 2.05) is 46.8 Å². The van der Waals surface area contributed by atoms with Crippen LogP contribution in [0.3, 0.4) is 0 Å². The van der Waals surface area contributed by atoms with Gasteiger partial charge in [-0.25, -0.2) is 4.79 Å². The number of carbonyl (C=O) groups excluding carboxylic acids is 1. The summed E-state index contributed by atoms with van der Waals surface area (Å²) in [5.74, 6) is 0.801. The molecule has 5 nitrogen and oxygen atoms in total. The van der Waals surface area contributed by atoms with Gasteiger partial charge in [-0.2, -0.15) is 0 Å². The number of aromatic nitrogens is 1. The second-order valence-corrected chi connectivity index (χ2v) is 8.97. The number of nitrogens with zero attached hydrogens (tertiary/aromatic N) is 2. The lowest BCUT2D eigenvalue weighted by Crippen LogP contribution is -2.38. The number of pyridine rings is 1. The van der Waals surface area contributed by atoms with Crippen molar-refractivity contribution in [3.63, 3.8) is 0 Å². The molecule has 3 rings (SSSR count). The average molecular weight is 405 g/mol. The summed E-state index contributed by atoms with van der Waals surface area (Å²) in [4.78, 5) is 19.2. The third-order valence-electron chi connectivity index (χ3n) is 4.78. The summed E-state index contributed by atoms with van der Waals surface area (Å²) in [6.45, 7) is 12.9. The van der Waals surface area contributed by atoms with Crippen molar-refractivity contribution < 1.29 is 14.3 Å². The molecule has 0 fully saturated rings. The van der Waals surface area contributed by atoms with E-state index in [1.165, 1.54) is 5.56 Å². The Morgan fingerprint density at radius 2 is 1.89 bits per heavy atom. The first-order valence-corrected chi connectivity index (χ1v) is 10.2. The van der Waals surface area contributed by atoms with Crippen molar-refractivity contribution in [3.05, 3.63) is 34.0 Å². The number of fused-ring (bicyclic) bond motifs is 2. The number of amides is 1. The number of halogens is 1. The predicted octanol–water partition coefficient (Wildman–Crippen LogP) is 5.32. The normalized spacial score (nSPS) is 14.8. The lowest BCUT2D eigenvalue weighted by Gasteiger charge is -2.26. The van der Waals surface area contributed by atoms with E-state index >= 15 is 0 Å². The van der Waals surface area contributed by atoms with E-state index in [0.717, 1.165) is 34.3 Å². The van der Waals surface area contributed by atoms with E-state index in [4.69, 9.17) is 26.1 Å². The molecule has 1 aliphatic heterocycles. The van der Waals surface area contributed by atoms with Gasteiger partial charge in [-0.05, 0) is 71.2 Å². The van der Waals surface area contributed by atoms with Gasteiger partial charge in [0.25, 0.3) is 0 Å². The van der Waals surface area contributed by atoms with Crippen LogP contribution in [-0.2, 0) is 17.6 Å². The summed E-state index contributed by atoms with van der Waals surface area (Å²) in [6, 6.07) is 3.75. The third-order valence-corrected chi connectivity index (χ3v) is 5.08. The van der Waals surface area contributed by atoms with Gasteiger partial charge < -0.3 is 14.4 Å². The largest absolute Gasteiger partial charge is 0.490 e. The van der Waals surface area contributed by atoms with Crippen LogP contribution < -0.4 is 4.74 Å². The number of ether oxygens (including phenoxy) is 2. The zero-order valence-electron chi connectivity index (χ0n) is 17.6. The van der Waals surface area contributed by atoms with Crippen LogP contribution in [0.15, 0.2) is 12.1 Å². The van der Waals surface area contributed by atoms with Crippen molar-refractivity contribution in [2.75, 3.05) is 13.1 Å². The average Bonchev–Trinajstić information content (AvgIpc) is 2.79. The second kappa shape index (κ2) is 7.78. The SMILES string of the molecule is Cc1c2c(nc3c(Cl)ccc(OC(C)C)c13)CCN(C(=O)OC(C)(C)C)CC2. The molecule has 0 bridgehead atoms. The molecular weight excluding hydrogens is 376 g/mol. The van der Waals surface area contributed by atoms with Crippen molar-refractivity contribution in [1.29, 1.82) is 0 Å². The maximum Gasteiger partial charge on any atom is 0.410 e. The van der Waals surface area contributed by atoms with E-state index in [1.54, 1.807) is 4.90 Å². The molecule has 0 aliphatic carbocycles. The first kappa shape index (κ1) is 20.7. The highest BCUT2D eigenvalue weighted by atomic mass is 35.5. The van der Waals surface area contributed by atoms with Gasteiger partial charge >= 0.3 is 6.09 Å². The number of benzene rings is 1. The minimum Gasteiger partial charge on any atom is -0.490 e. The fourth-order valence-corrected chi connectivity index (χ4v) is 3.79. The maximum absolute atomic E-state index is 12.5. The Hall–Kier alpha value is -2.01. The molecule has 1 amide bonds. The first-order chi connectivity index (χ1) is 13.1. The standard InChI is InChI=1S/C22H29ClN2O3/c1-13(2)27-18-8-7-16(23)20-19(18)14(3)15-9-11-25(12-10-17(15)24-20)21(26)28-22(4,5)6/h7-8,13H,9-12H2,1-6H3. The van der Waals surface area contributed by atoms with E-state index < -0.39 is 5.60 Å². The second-order valence-electron chi connectivity index (χ2n) is 8.57. The lowest BCUT2D eigenvalue weighted by atomic mass is 9.98. The molecule has 0 unspecified atom stereocenters. The molecule has 1 aromatic carbocycles. The molecule has 2 aromatic rings. The van der Waals surface area contributed by atoms with Crippen LogP contribution in [-0.4, -0.2) is 40.8 Å². The van der Waals surface area contributed by atoms with Crippen LogP contribution in [0.4, 0.5) is 4.79 Å². The van der Waals surface area contributed by atoms with Gasteiger partial charge in [-0.15, -0.1) is 0 Å². The predicted molar refractivity (Wildman–Crippen MR) is 112 cm³/mol. The quantitative estimate of drug-likeness (QED) is 0.679. The Bertz CT molecular complexity index is 903. The molecule has 0 spiro atoms. The van der Waals surface area contributed by atoms with Crippen LogP contribution >= 0.6 is 11.6 Å². The number of hydrogen-bond acceptors (Lipinski definition) is 4. The highest BCUT2D eigenvalue weighted by molar-refractivity contribution is 6.35. The first-order valence-electron chi connectivity index (χ1n) is 9.82. The maximum atomic E-state index is 12.5. The van der Waals surface area contributed by atoms with E-state index in [2.05, 4.69) is 6.92 Å². The third kappa shape index (κ3) is 4.35. The molecule has 0 saturated heterocycles. The Morgan fingerprint density at radius 3 is 2.54 bits per heavy atom. The van der Waals surface area contributed by atoms with Gasteiger partial charge in [0.05, 0.1) is 16.6 Å². The molecule has 0 saturated carbocycles. The van der Waals surface area contributed by atoms with Gasteiger partial charge in [0.2, 0.25) is 0 Å². The summed E-state index contributed by atoms with van der Waals surface area (Å²) in [6.07, 6.45) is 1.20. The minimum atomic E-state index is -0.504. The highest BCUT2D eigenvalue weighted by Crippen LogP contribution is 2.36. The zero-order valence-corrected chi connectivity index (χ0v) is 18.3. The molecular formula is C22H29ClN2O3. The van der Waals surface area contributed by atoms with Crippen LogP contribution in [0.2, 0.25) is 5.02 Å². The Labute approximate surface area is 172 Å². The van der Waals surface area contributed by atoms with Gasteiger partial charge in [0.15, 0.2) is 0 Å². The smallest absolute Gasteiger partial charge is 0.410 e. The fraction of sp³-hybridized carbons (Fsp3) is 0.545. The molecule has 28 heavy (non-hydrogen) atoms. The summed E-state index contributed by atoms with van der Waals surface area (Å²) in [7, 11) is 0. The lowest BCUT2D eigenvalue weighted by molar-refractivity contribution is 0.0258. The van der Waals surface area contributed by atoms with E-state index in [-0.39, 0.29) is 12.2 Å². The molecule has 1 aromatic heterocycles. The molecule has 0 radical (unpaired) electrons. The summed E-state index contributed by atoms with van der Waals surface area (Å²) < 4.78 is 11.6. The van der Waals surface area contributed by atoms with Crippen molar-refractivity contribution in [3.8, 4) is 5.75 Å². The van der Waals surface area contributed by atoms with Crippen LogP contribution in [0.1, 0.15) is 51.4 Å².